The van der Waals surface area contributed by atoms with Crippen molar-refractivity contribution in [2.24, 2.45) is 17.8 Å². The second-order valence-corrected chi connectivity index (χ2v) is 4.38. The van der Waals surface area contributed by atoms with Crippen LogP contribution in [0.5, 0.6) is 0 Å². The lowest BCUT2D eigenvalue weighted by Gasteiger charge is -2.09. The van der Waals surface area contributed by atoms with Gasteiger partial charge in [-0.05, 0) is 24.2 Å². The van der Waals surface area contributed by atoms with Gasteiger partial charge in [0.2, 0.25) is 0 Å². The summed E-state index contributed by atoms with van der Waals surface area (Å²) in [4.78, 5) is 0. The first kappa shape index (κ1) is 11.7. The molecule has 0 heteroatoms. The molecule has 12 heavy (non-hydrogen) atoms. The summed E-state index contributed by atoms with van der Waals surface area (Å²) in [5.41, 5.74) is 0. The summed E-state index contributed by atoms with van der Waals surface area (Å²) in [5, 5.41) is 0. The van der Waals surface area contributed by atoms with Gasteiger partial charge in [-0.1, -0.05) is 53.2 Å². The van der Waals surface area contributed by atoms with Gasteiger partial charge in [-0.25, -0.2) is 0 Å². The van der Waals surface area contributed by atoms with Crippen LogP contribution in [0, 0.1) is 17.8 Å². The first-order valence-corrected chi connectivity index (χ1v) is 5.24. The van der Waals surface area contributed by atoms with E-state index in [1.807, 2.05) is 0 Å². The molecule has 0 fully saturated rings. The fraction of sp³-hybridized carbons (Fsp3) is 0.833. The lowest BCUT2D eigenvalue weighted by atomic mass is 9.97. The largest absolute Gasteiger partial charge is 0.0854 e. The average Bonchev–Trinajstić information content (AvgIpc) is 1.99. The Bertz CT molecular complexity index is 122. The predicted octanol–water partition coefficient (Wildman–Crippen LogP) is 4.27. The molecule has 0 aromatic heterocycles. The third-order valence-electron chi connectivity index (χ3n) is 2.26. The van der Waals surface area contributed by atoms with E-state index in [0.717, 1.165) is 17.8 Å². The number of hydrogen-bond acceptors (Lipinski definition) is 0. The topological polar surface area (TPSA) is 0 Å². The molecule has 0 radical (unpaired) electrons. The standard InChI is InChI=1S/C12H24/c1-6-11(4)7-8-12(5)9-10(2)3/h7-8,10-12H,6,9H2,1-5H3. The van der Waals surface area contributed by atoms with E-state index >= 15 is 0 Å². The molecule has 0 aromatic rings. The molecule has 0 aliphatic carbocycles. The van der Waals surface area contributed by atoms with E-state index in [0.29, 0.717) is 0 Å². The van der Waals surface area contributed by atoms with Crippen LogP contribution in [0.4, 0.5) is 0 Å². The fourth-order valence-corrected chi connectivity index (χ4v) is 1.34. The van der Waals surface area contributed by atoms with E-state index in [1.165, 1.54) is 12.8 Å². The number of rotatable bonds is 5. The van der Waals surface area contributed by atoms with Crippen molar-refractivity contribution in [3.63, 3.8) is 0 Å². The van der Waals surface area contributed by atoms with Gasteiger partial charge in [-0.15, -0.1) is 0 Å². The minimum Gasteiger partial charge on any atom is -0.0854 e. The molecule has 0 aromatic carbocycles. The first-order chi connectivity index (χ1) is 5.56. The maximum Gasteiger partial charge on any atom is -0.0259 e. The van der Waals surface area contributed by atoms with Gasteiger partial charge in [-0.3, -0.25) is 0 Å². The van der Waals surface area contributed by atoms with E-state index in [2.05, 4.69) is 46.8 Å². The summed E-state index contributed by atoms with van der Waals surface area (Å²) >= 11 is 0. The zero-order valence-electron chi connectivity index (χ0n) is 9.30. The third kappa shape index (κ3) is 6.45. The normalized spacial score (nSPS) is 17.2. The van der Waals surface area contributed by atoms with Crippen LogP contribution >= 0.6 is 0 Å². The Morgan fingerprint density at radius 1 is 0.917 bits per heavy atom. The van der Waals surface area contributed by atoms with E-state index in [9.17, 15) is 0 Å². The molecular formula is C12H24. The second-order valence-electron chi connectivity index (χ2n) is 4.38. The molecule has 0 bridgehead atoms. The highest BCUT2D eigenvalue weighted by Crippen LogP contribution is 2.13. The van der Waals surface area contributed by atoms with Gasteiger partial charge in [-0.2, -0.15) is 0 Å². The van der Waals surface area contributed by atoms with E-state index in [-0.39, 0.29) is 0 Å². The van der Waals surface area contributed by atoms with Crippen molar-refractivity contribution in [3.05, 3.63) is 12.2 Å². The van der Waals surface area contributed by atoms with E-state index < -0.39 is 0 Å². The summed E-state index contributed by atoms with van der Waals surface area (Å²) in [6.45, 7) is 11.4. The lowest BCUT2D eigenvalue weighted by molar-refractivity contribution is 0.500. The molecular weight excluding hydrogens is 144 g/mol. The van der Waals surface area contributed by atoms with Crippen LogP contribution in [0.2, 0.25) is 0 Å². The van der Waals surface area contributed by atoms with Crippen LogP contribution in [0.15, 0.2) is 12.2 Å². The van der Waals surface area contributed by atoms with Crippen LogP contribution in [0.1, 0.15) is 47.5 Å². The second kappa shape index (κ2) is 6.28. The van der Waals surface area contributed by atoms with Crippen LogP contribution < -0.4 is 0 Å². The maximum absolute atomic E-state index is 2.37. The van der Waals surface area contributed by atoms with Crippen molar-refractivity contribution >= 4 is 0 Å². The zero-order valence-corrected chi connectivity index (χ0v) is 9.30. The van der Waals surface area contributed by atoms with E-state index in [4.69, 9.17) is 0 Å². The summed E-state index contributed by atoms with van der Waals surface area (Å²) in [6.07, 6.45) is 7.29. The summed E-state index contributed by atoms with van der Waals surface area (Å²) < 4.78 is 0. The Morgan fingerprint density at radius 2 is 1.42 bits per heavy atom. The van der Waals surface area contributed by atoms with Crippen molar-refractivity contribution in [2.45, 2.75) is 47.5 Å². The predicted molar refractivity (Wildman–Crippen MR) is 57.2 cm³/mol. The highest BCUT2D eigenvalue weighted by molar-refractivity contribution is 4.89. The van der Waals surface area contributed by atoms with Gasteiger partial charge >= 0.3 is 0 Å². The van der Waals surface area contributed by atoms with Crippen LogP contribution in [0.25, 0.3) is 0 Å². The van der Waals surface area contributed by atoms with Crippen LogP contribution in [-0.4, -0.2) is 0 Å². The smallest absolute Gasteiger partial charge is 0.0259 e. The SMILES string of the molecule is CCC(C)C=CC(C)CC(C)C. The highest BCUT2D eigenvalue weighted by atomic mass is 14.1. The molecule has 0 heterocycles. The molecule has 2 atom stereocenters. The molecule has 0 saturated heterocycles. The zero-order chi connectivity index (χ0) is 9.56. The Labute approximate surface area is 78.1 Å². The van der Waals surface area contributed by atoms with Crippen molar-refractivity contribution in [1.82, 2.24) is 0 Å². The number of hydrogen-bond donors (Lipinski definition) is 0. The van der Waals surface area contributed by atoms with Gasteiger partial charge in [0.15, 0.2) is 0 Å². The summed E-state index contributed by atoms with van der Waals surface area (Å²) in [6, 6.07) is 0. The Kier molecular flexibility index (Phi) is 6.14. The first-order valence-electron chi connectivity index (χ1n) is 5.24. The molecule has 72 valence electrons. The molecule has 0 aliphatic rings. The van der Waals surface area contributed by atoms with Gasteiger partial charge in [0.05, 0.1) is 0 Å². The van der Waals surface area contributed by atoms with E-state index in [1.54, 1.807) is 0 Å². The minimum absolute atomic E-state index is 0.749. The van der Waals surface area contributed by atoms with Gasteiger partial charge in [0.25, 0.3) is 0 Å². The van der Waals surface area contributed by atoms with Crippen molar-refractivity contribution in [3.8, 4) is 0 Å². The average molecular weight is 168 g/mol. The monoisotopic (exact) mass is 168 g/mol. The molecule has 0 N–H and O–H groups in total. The molecule has 0 rings (SSSR count). The highest BCUT2D eigenvalue weighted by Gasteiger charge is 2.00. The Morgan fingerprint density at radius 3 is 1.83 bits per heavy atom. The Hall–Kier alpha value is -0.260. The maximum atomic E-state index is 2.37. The van der Waals surface area contributed by atoms with Crippen molar-refractivity contribution < 1.29 is 0 Å². The molecule has 0 saturated carbocycles. The van der Waals surface area contributed by atoms with Gasteiger partial charge < -0.3 is 0 Å². The summed E-state index contributed by atoms with van der Waals surface area (Å²) in [7, 11) is 0. The van der Waals surface area contributed by atoms with Crippen molar-refractivity contribution in [2.75, 3.05) is 0 Å². The molecule has 0 spiro atoms. The van der Waals surface area contributed by atoms with Crippen molar-refractivity contribution in [1.29, 1.82) is 0 Å². The minimum atomic E-state index is 0.749. The molecule has 0 nitrogen and oxygen atoms in total. The lowest BCUT2D eigenvalue weighted by Crippen LogP contribution is -1.97. The number of allylic oxidation sites excluding steroid dienone is 2. The van der Waals surface area contributed by atoms with Crippen LogP contribution in [-0.2, 0) is 0 Å². The van der Waals surface area contributed by atoms with Gasteiger partial charge in [0, 0.05) is 0 Å². The molecule has 2 unspecified atom stereocenters. The van der Waals surface area contributed by atoms with Crippen LogP contribution in [0.3, 0.4) is 0 Å². The summed E-state index contributed by atoms with van der Waals surface area (Å²) in [5.74, 6) is 2.32. The van der Waals surface area contributed by atoms with Gasteiger partial charge in [0.1, 0.15) is 0 Å². The quantitative estimate of drug-likeness (QED) is 0.538. The molecule has 0 amide bonds. The Balaban J connectivity index is 3.67. The third-order valence-corrected chi connectivity index (χ3v) is 2.26. The molecule has 0 aliphatic heterocycles. The fourth-order valence-electron chi connectivity index (χ4n) is 1.34.